The molecule has 1 aromatic carbocycles. The van der Waals surface area contributed by atoms with Gasteiger partial charge in [-0.25, -0.2) is 0 Å². The fourth-order valence-corrected chi connectivity index (χ4v) is 3.40. The summed E-state index contributed by atoms with van der Waals surface area (Å²) in [6.07, 6.45) is 3.35. The lowest BCUT2D eigenvalue weighted by Crippen LogP contribution is -2.39. The Morgan fingerprint density at radius 2 is 2.22 bits per heavy atom. The fourth-order valence-electron chi connectivity index (χ4n) is 3.20. The standard InChI is InChI=1S/C17H21N3O2S/c1-3-11-5-4-8-20(10-11)15(21)12-6-7-13-14(9-12)18-17(23)19(2)16(13)22/h6-7,9,11H,3-5,8,10H2,1-2H3,(H,18,23). The number of carbonyl (C=O) groups is 1. The third-order valence-corrected chi connectivity index (χ3v) is 5.11. The van der Waals surface area contributed by atoms with Gasteiger partial charge < -0.3 is 9.88 Å². The van der Waals surface area contributed by atoms with Gasteiger partial charge in [0.15, 0.2) is 4.77 Å². The number of fused-ring (bicyclic) bond motifs is 1. The summed E-state index contributed by atoms with van der Waals surface area (Å²) in [5.74, 6) is 0.622. The maximum absolute atomic E-state index is 12.7. The molecule has 1 saturated heterocycles. The molecule has 1 aliphatic rings. The van der Waals surface area contributed by atoms with E-state index >= 15 is 0 Å². The van der Waals surface area contributed by atoms with Crippen molar-refractivity contribution in [3.8, 4) is 0 Å². The molecule has 1 amide bonds. The molecule has 5 nitrogen and oxygen atoms in total. The maximum Gasteiger partial charge on any atom is 0.261 e. The monoisotopic (exact) mass is 331 g/mol. The quantitative estimate of drug-likeness (QED) is 0.861. The van der Waals surface area contributed by atoms with Crippen LogP contribution in [-0.2, 0) is 7.05 Å². The summed E-state index contributed by atoms with van der Waals surface area (Å²) in [4.78, 5) is 29.9. The molecule has 0 aliphatic carbocycles. The highest BCUT2D eigenvalue weighted by Crippen LogP contribution is 2.21. The molecule has 122 valence electrons. The molecule has 1 fully saturated rings. The largest absolute Gasteiger partial charge is 0.338 e. The van der Waals surface area contributed by atoms with Crippen LogP contribution in [0, 0.1) is 10.7 Å². The van der Waals surface area contributed by atoms with Crippen LogP contribution in [-0.4, -0.2) is 33.4 Å². The van der Waals surface area contributed by atoms with Crippen LogP contribution in [0.1, 0.15) is 36.5 Å². The molecule has 0 spiro atoms. The van der Waals surface area contributed by atoms with E-state index in [0.717, 1.165) is 25.9 Å². The van der Waals surface area contributed by atoms with Gasteiger partial charge in [0.2, 0.25) is 0 Å². The van der Waals surface area contributed by atoms with Crippen molar-refractivity contribution in [2.75, 3.05) is 13.1 Å². The number of carbonyl (C=O) groups excluding carboxylic acids is 1. The van der Waals surface area contributed by atoms with Crippen molar-refractivity contribution in [1.29, 1.82) is 0 Å². The van der Waals surface area contributed by atoms with E-state index in [1.165, 1.54) is 11.0 Å². The molecule has 1 aliphatic heterocycles. The first-order chi connectivity index (χ1) is 11.0. The number of nitrogens with zero attached hydrogens (tertiary/aromatic N) is 2. The molecule has 1 aromatic heterocycles. The number of hydrogen-bond acceptors (Lipinski definition) is 3. The lowest BCUT2D eigenvalue weighted by Gasteiger charge is -2.32. The highest BCUT2D eigenvalue weighted by molar-refractivity contribution is 7.71. The molecule has 2 heterocycles. The van der Waals surface area contributed by atoms with Crippen LogP contribution in [0.4, 0.5) is 0 Å². The smallest absolute Gasteiger partial charge is 0.261 e. The highest BCUT2D eigenvalue weighted by atomic mass is 32.1. The van der Waals surface area contributed by atoms with Gasteiger partial charge in [-0.2, -0.15) is 0 Å². The first-order valence-electron chi connectivity index (χ1n) is 8.03. The van der Waals surface area contributed by atoms with Crippen LogP contribution < -0.4 is 5.56 Å². The summed E-state index contributed by atoms with van der Waals surface area (Å²) in [6.45, 7) is 3.80. The Labute approximate surface area is 139 Å². The summed E-state index contributed by atoms with van der Waals surface area (Å²) in [6, 6.07) is 5.18. The normalized spacial score (nSPS) is 18.3. The molecule has 1 atom stereocenters. The lowest BCUT2D eigenvalue weighted by molar-refractivity contribution is 0.0671. The van der Waals surface area contributed by atoms with E-state index in [2.05, 4.69) is 11.9 Å². The third-order valence-electron chi connectivity index (χ3n) is 4.73. The van der Waals surface area contributed by atoms with Crippen molar-refractivity contribution in [3.05, 3.63) is 38.9 Å². The van der Waals surface area contributed by atoms with Gasteiger partial charge in [0.05, 0.1) is 10.9 Å². The highest BCUT2D eigenvalue weighted by Gasteiger charge is 2.23. The van der Waals surface area contributed by atoms with E-state index in [0.29, 0.717) is 27.2 Å². The molecule has 1 unspecified atom stereocenters. The van der Waals surface area contributed by atoms with Crippen molar-refractivity contribution in [3.63, 3.8) is 0 Å². The molecule has 0 bridgehead atoms. The number of rotatable bonds is 2. The molecule has 2 aromatic rings. The van der Waals surface area contributed by atoms with Crippen LogP contribution in [0.5, 0.6) is 0 Å². The van der Waals surface area contributed by atoms with E-state index in [1.807, 2.05) is 4.90 Å². The van der Waals surface area contributed by atoms with E-state index in [-0.39, 0.29) is 11.5 Å². The number of piperidine rings is 1. The zero-order chi connectivity index (χ0) is 16.6. The molecule has 0 radical (unpaired) electrons. The molecule has 3 rings (SSSR count). The molecule has 0 saturated carbocycles. The number of nitrogens with one attached hydrogen (secondary N) is 1. The minimum Gasteiger partial charge on any atom is -0.338 e. The summed E-state index contributed by atoms with van der Waals surface area (Å²) < 4.78 is 1.76. The Kier molecular flexibility index (Phi) is 4.35. The Morgan fingerprint density at radius 3 is 2.96 bits per heavy atom. The predicted molar refractivity (Wildman–Crippen MR) is 93.3 cm³/mol. The average molecular weight is 331 g/mol. The fraction of sp³-hybridized carbons (Fsp3) is 0.471. The van der Waals surface area contributed by atoms with Crippen molar-refractivity contribution >= 4 is 29.0 Å². The van der Waals surface area contributed by atoms with Gasteiger partial charge in [-0.15, -0.1) is 0 Å². The SMILES string of the molecule is CCC1CCCN(C(=O)c2ccc3c(=O)n(C)c(=S)[nH]c3c2)C1. The number of aromatic amines is 1. The third kappa shape index (κ3) is 2.95. The Balaban J connectivity index is 1.97. The van der Waals surface area contributed by atoms with Crippen LogP contribution >= 0.6 is 12.2 Å². The number of benzene rings is 1. The first-order valence-corrected chi connectivity index (χ1v) is 8.44. The van der Waals surface area contributed by atoms with Crippen LogP contribution in [0.15, 0.2) is 23.0 Å². The predicted octanol–water partition coefficient (Wildman–Crippen LogP) is 2.86. The number of hydrogen-bond donors (Lipinski definition) is 1. The van der Waals surface area contributed by atoms with Gasteiger partial charge in [0, 0.05) is 25.7 Å². The van der Waals surface area contributed by atoms with Crippen molar-refractivity contribution in [1.82, 2.24) is 14.5 Å². The Bertz CT molecular complexity index is 868. The molecule has 1 N–H and O–H groups in total. The first kappa shape index (κ1) is 15.9. The lowest BCUT2D eigenvalue weighted by atomic mass is 9.95. The van der Waals surface area contributed by atoms with Gasteiger partial charge in [-0.1, -0.05) is 13.3 Å². The topological polar surface area (TPSA) is 58.1 Å². The molecular weight excluding hydrogens is 310 g/mol. The maximum atomic E-state index is 12.7. The average Bonchev–Trinajstić information content (AvgIpc) is 2.58. The van der Waals surface area contributed by atoms with Crippen LogP contribution in [0.25, 0.3) is 10.9 Å². The molecule has 23 heavy (non-hydrogen) atoms. The zero-order valence-electron chi connectivity index (χ0n) is 13.5. The second-order valence-electron chi connectivity index (χ2n) is 6.22. The van der Waals surface area contributed by atoms with Gasteiger partial charge in [-0.05, 0) is 49.2 Å². The van der Waals surface area contributed by atoms with Gasteiger partial charge in [0.25, 0.3) is 11.5 Å². The Hall–Kier alpha value is -1.95. The second kappa shape index (κ2) is 6.28. The van der Waals surface area contributed by atoms with Crippen molar-refractivity contribution in [2.24, 2.45) is 13.0 Å². The number of aromatic nitrogens is 2. The van der Waals surface area contributed by atoms with E-state index in [4.69, 9.17) is 12.2 Å². The molecular formula is C17H21N3O2S. The number of likely N-dealkylation sites (tertiary alicyclic amines) is 1. The van der Waals surface area contributed by atoms with Gasteiger partial charge >= 0.3 is 0 Å². The summed E-state index contributed by atoms with van der Waals surface area (Å²) >= 11 is 5.15. The molecule has 6 heteroatoms. The zero-order valence-corrected chi connectivity index (χ0v) is 14.3. The summed E-state index contributed by atoms with van der Waals surface area (Å²) in [7, 11) is 1.64. The van der Waals surface area contributed by atoms with Crippen molar-refractivity contribution in [2.45, 2.75) is 26.2 Å². The summed E-state index contributed by atoms with van der Waals surface area (Å²) in [5.41, 5.74) is 1.08. The van der Waals surface area contributed by atoms with Gasteiger partial charge in [-0.3, -0.25) is 14.2 Å². The van der Waals surface area contributed by atoms with Crippen LogP contribution in [0.2, 0.25) is 0 Å². The number of H-pyrrole nitrogens is 1. The number of amides is 1. The van der Waals surface area contributed by atoms with E-state index < -0.39 is 0 Å². The van der Waals surface area contributed by atoms with Gasteiger partial charge in [0.1, 0.15) is 0 Å². The second-order valence-corrected chi connectivity index (χ2v) is 6.61. The van der Waals surface area contributed by atoms with Crippen LogP contribution in [0.3, 0.4) is 0 Å². The van der Waals surface area contributed by atoms with E-state index in [1.54, 1.807) is 25.2 Å². The summed E-state index contributed by atoms with van der Waals surface area (Å²) in [5, 5.41) is 0.544. The van der Waals surface area contributed by atoms with E-state index in [9.17, 15) is 9.59 Å². The minimum atomic E-state index is -0.147. The Morgan fingerprint density at radius 1 is 1.43 bits per heavy atom. The minimum absolute atomic E-state index is 0.0324. The van der Waals surface area contributed by atoms with Crippen molar-refractivity contribution < 1.29 is 4.79 Å².